The minimum absolute atomic E-state index is 0.0254. The normalized spacial score (nSPS) is 21.9. The van der Waals surface area contributed by atoms with Crippen LogP contribution in [0.4, 0.5) is 4.39 Å². The number of benzene rings is 1. The number of aliphatic hydroxyl groups excluding tert-OH is 1. The zero-order valence-corrected chi connectivity index (χ0v) is 18.5. The van der Waals surface area contributed by atoms with Crippen molar-refractivity contribution in [3.63, 3.8) is 0 Å². The lowest BCUT2D eigenvalue weighted by molar-refractivity contribution is 0.0551. The number of aromatic nitrogens is 1. The molecule has 1 saturated carbocycles. The fraction of sp³-hybridized carbons (Fsp3) is 0.435. The van der Waals surface area contributed by atoms with Crippen LogP contribution >= 0.6 is 11.6 Å². The van der Waals surface area contributed by atoms with Crippen LogP contribution in [0.5, 0.6) is 5.75 Å². The number of fused-ring (bicyclic) bond motifs is 2. The molecule has 1 aliphatic carbocycles. The van der Waals surface area contributed by atoms with E-state index in [1.807, 2.05) is 13.8 Å². The van der Waals surface area contributed by atoms with Gasteiger partial charge in [-0.3, -0.25) is 14.4 Å². The molecular formula is C23H24ClFN2O5. The average Bonchev–Trinajstić information content (AvgIpc) is 3.47. The SMILES string of the molecule is CC(C)N1C[C@@]2(C[C@H]2CO)n2cc(C(=O)CCc3cccc(Cl)c3F)c(=O)c(O)c2C1=O. The number of nitrogens with zero attached hydrogens (tertiary/aromatic N) is 2. The second-order valence-electron chi connectivity index (χ2n) is 8.79. The molecule has 170 valence electrons. The molecule has 1 aromatic heterocycles. The Morgan fingerprint density at radius 3 is 2.69 bits per heavy atom. The van der Waals surface area contributed by atoms with E-state index in [4.69, 9.17) is 11.6 Å². The molecule has 2 heterocycles. The van der Waals surface area contributed by atoms with Gasteiger partial charge in [0.05, 0.1) is 16.1 Å². The summed E-state index contributed by atoms with van der Waals surface area (Å²) in [6, 6.07) is 4.32. The molecule has 2 N–H and O–H groups in total. The zero-order chi connectivity index (χ0) is 23.4. The lowest BCUT2D eigenvalue weighted by Gasteiger charge is -2.39. The van der Waals surface area contributed by atoms with E-state index in [1.54, 1.807) is 11.0 Å². The van der Waals surface area contributed by atoms with Gasteiger partial charge in [0.1, 0.15) is 5.82 Å². The minimum Gasteiger partial charge on any atom is -0.503 e. The Kier molecular flexibility index (Phi) is 5.63. The van der Waals surface area contributed by atoms with Gasteiger partial charge in [0.25, 0.3) is 5.91 Å². The Hall–Kier alpha value is -2.71. The van der Waals surface area contributed by atoms with Crippen molar-refractivity contribution in [2.24, 2.45) is 5.92 Å². The maximum atomic E-state index is 14.1. The smallest absolute Gasteiger partial charge is 0.274 e. The predicted octanol–water partition coefficient (Wildman–Crippen LogP) is 2.73. The quantitative estimate of drug-likeness (QED) is 0.643. The van der Waals surface area contributed by atoms with Gasteiger partial charge in [-0.05, 0) is 38.3 Å². The highest BCUT2D eigenvalue weighted by atomic mass is 35.5. The Morgan fingerprint density at radius 2 is 2.06 bits per heavy atom. The minimum atomic E-state index is -0.928. The van der Waals surface area contributed by atoms with E-state index in [1.165, 1.54) is 22.9 Å². The molecule has 1 fully saturated rings. The Bertz CT molecular complexity index is 1180. The van der Waals surface area contributed by atoms with Crippen LogP contribution in [0.1, 0.15) is 53.1 Å². The second-order valence-corrected chi connectivity index (χ2v) is 9.20. The standard InChI is InChI=1S/C23H24ClFN2O5/c1-12(2)26-11-23(8-14(23)10-28)27-9-15(20(30)21(31)19(27)22(26)32)17(29)7-6-13-4-3-5-16(24)18(13)25/h3-5,9,12,14,28,31H,6-8,10-11H2,1-2H3/t14-,23+/m0/s1. The van der Waals surface area contributed by atoms with Crippen LogP contribution in [0, 0.1) is 11.7 Å². The molecule has 7 nitrogen and oxygen atoms in total. The van der Waals surface area contributed by atoms with Crippen molar-refractivity contribution in [1.29, 1.82) is 0 Å². The third-order valence-corrected chi connectivity index (χ3v) is 6.86. The lowest BCUT2D eigenvalue weighted by Crippen LogP contribution is -2.52. The molecule has 1 aliphatic heterocycles. The van der Waals surface area contributed by atoms with Crippen molar-refractivity contribution in [1.82, 2.24) is 9.47 Å². The Morgan fingerprint density at radius 1 is 1.34 bits per heavy atom. The number of carbonyl (C=O) groups is 2. The fourth-order valence-electron chi connectivity index (χ4n) is 4.57. The number of aliphatic hydroxyl groups is 1. The van der Waals surface area contributed by atoms with Gasteiger partial charge >= 0.3 is 0 Å². The summed E-state index contributed by atoms with van der Waals surface area (Å²) < 4.78 is 15.6. The summed E-state index contributed by atoms with van der Waals surface area (Å²) in [5, 5.41) is 20.3. The number of amides is 1. The van der Waals surface area contributed by atoms with Crippen molar-refractivity contribution in [2.45, 2.75) is 44.7 Å². The van der Waals surface area contributed by atoms with Gasteiger partial charge in [0.15, 0.2) is 17.2 Å². The third kappa shape index (κ3) is 3.42. The van der Waals surface area contributed by atoms with Gasteiger partial charge in [0, 0.05) is 37.7 Å². The lowest BCUT2D eigenvalue weighted by atomic mass is 9.99. The third-order valence-electron chi connectivity index (χ3n) is 6.57. The fourth-order valence-corrected chi connectivity index (χ4v) is 4.76. The van der Waals surface area contributed by atoms with Gasteiger partial charge in [-0.1, -0.05) is 23.7 Å². The number of pyridine rings is 1. The maximum Gasteiger partial charge on any atom is 0.274 e. The van der Waals surface area contributed by atoms with Gasteiger partial charge in [-0.15, -0.1) is 0 Å². The van der Waals surface area contributed by atoms with E-state index in [2.05, 4.69) is 0 Å². The molecular weight excluding hydrogens is 439 g/mol. The molecule has 4 rings (SSSR count). The van der Waals surface area contributed by atoms with Crippen molar-refractivity contribution in [2.75, 3.05) is 13.2 Å². The van der Waals surface area contributed by atoms with Crippen molar-refractivity contribution < 1.29 is 24.2 Å². The van der Waals surface area contributed by atoms with E-state index in [0.717, 1.165) is 0 Å². The molecule has 9 heteroatoms. The molecule has 2 aromatic rings. The summed E-state index contributed by atoms with van der Waals surface area (Å²) >= 11 is 5.78. The highest BCUT2D eigenvalue weighted by Crippen LogP contribution is 2.54. The van der Waals surface area contributed by atoms with Crippen molar-refractivity contribution in [3.05, 3.63) is 62.3 Å². The van der Waals surface area contributed by atoms with Crippen LogP contribution in [-0.2, 0) is 12.0 Å². The van der Waals surface area contributed by atoms with Gasteiger partial charge in [-0.2, -0.15) is 0 Å². The summed E-state index contributed by atoms with van der Waals surface area (Å²) in [6.07, 6.45) is 1.72. The zero-order valence-electron chi connectivity index (χ0n) is 17.8. The number of Topliss-reactive ketones (excluding diaryl/α,β-unsaturated/α-hetero) is 1. The number of aromatic hydroxyl groups is 1. The van der Waals surface area contributed by atoms with Crippen LogP contribution in [0.3, 0.4) is 0 Å². The molecule has 0 saturated heterocycles. The summed E-state index contributed by atoms with van der Waals surface area (Å²) in [7, 11) is 0. The molecule has 0 unspecified atom stereocenters. The molecule has 0 radical (unpaired) electrons. The number of carbonyl (C=O) groups excluding carboxylic acids is 2. The van der Waals surface area contributed by atoms with Crippen LogP contribution in [0.15, 0.2) is 29.2 Å². The van der Waals surface area contributed by atoms with E-state index in [0.29, 0.717) is 13.0 Å². The first-order valence-electron chi connectivity index (χ1n) is 10.5. The monoisotopic (exact) mass is 462 g/mol. The summed E-state index contributed by atoms with van der Waals surface area (Å²) in [5.41, 5.74) is -1.79. The van der Waals surface area contributed by atoms with Crippen molar-refractivity contribution in [3.8, 4) is 5.75 Å². The predicted molar refractivity (Wildman–Crippen MR) is 116 cm³/mol. The molecule has 1 amide bonds. The largest absolute Gasteiger partial charge is 0.503 e. The number of hydrogen-bond donors (Lipinski definition) is 2. The molecule has 32 heavy (non-hydrogen) atoms. The van der Waals surface area contributed by atoms with E-state index < -0.39 is 34.2 Å². The molecule has 0 bridgehead atoms. The highest BCUT2D eigenvalue weighted by Gasteiger charge is 2.60. The van der Waals surface area contributed by atoms with E-state index >= 15 is 0 Å². The number of ketones is 1. The summed E-state index contributed by atoms with van der Waals surface area (Å²) in [6.45, 7) is 3.86. The number of rotatable bonds is 6. The molecule has 1 spiro atoms. The number of aryl methyl sites for hydroxylation is 1. The molecule has 2 aliphatic rings. The van der Waals surface area contributed by atoms with Crippen LogP contribution < -0.4 is 5.43 Å². The number of halogens is 2. The first-order valence-corrected chi connectivity index (χ1v) is 10.9. The number of hydrogen-bond acceptors (Lipinski definition) is 5. The van der Waals surface area contributed by atoms with Gasteiger partial charge in [0.2, 0.25) is 5.43 Å². The van der Waals surface area contributed by atoms with Gasteiger partial charge < -0.3 is 19.7 Å². The topological polar surface area (TPSA) is 99.8 Å². The van der Waals surface area contributed by atoms with Gasteiger partial charge in [-0.25, -0.2) is 4.39 Å². The summed E-state index contributed by atoms with van der Waals surface area (Å²) in [4.78, 5) is 40.3. The maximum absolute atomic E-state index is 14.1. The van der Waals surface area contributed by atoms with E-state index in [9.17, 15) is 29.0 Å². The average molecular weight is 463 g/mol. The first-order chi connectivity index (χ1) is 15.1. The molecule has 1 aromatic carbocycles. The van der Waals surface area contributed by atoms with Crippen LogP contribution in [0.25, 0.3) is 0 Å². The molecule has 2 atom stereocenters. The van der Waals surface area contributed by atoms with Crippen molar-refractivity contribution >= 4 is 23.3 Å². The second kappa shape index (κ2) is 8.01. The first kappa shape index (κ1) is 22.5. The highest BCUT2D eigenvalue weighted by molar-refractivity contribution is 6.30. The van der Waals surface area contributed by atoms with Crippen LogP contribution in [0.2, 0.25) is 5.02 Å². The summed E-state index contributed by atoms with van der Waals surface area (Å²) in [5.74, 6) is -2.63. The van der Waals surface area contributed by atoms with E-state index in [-0.39, 0.29) is 53.3 Å². The Balaban J connectivity index is 1.73. The Labute approximate surface area is 189 Å². The van der Waals surface area contributed by atoms with Crippen LogP contribution in [-0.4, -0.2) is 50.6 Å².